The number of nitrogens with one attached hydrogen (secondary N) is 2. The van der Waals surface area contributed by atoms with Gasteiger partial charge in [-0.3, -0.25) is 9.59 Å². The number of carboxylic acid groups (broad SMARTS) is 1. The number of carbonyl (C=O) groups excluding carboxylic acids is 3. The summed E-state index contributed by atoms with van der Waals surface area (Å²) in [5.41, 5.74) is 1.37. The number of urea groups is 1. The molecule has 3 amide bonds. The number of benzene rings is 2. The molecule has 8 nitrogen and oxygen atoms in total. The standard InChI is InChI=1S/C24H27N3O5/c28-21(13-14-25-24(32)27-15-7-12-20(27)23(30)31)19(16-17-8-3-1-4-9-17)26-22(29)18-10-5-2-6-11-18/h1-6,8-11,19-20H,7,12-16H2,(H,25,32)(H,26,29)(H,30,31)/t19-,20?/m0/s1. The van der Waals surface area contributed by atoms with Gasteiger partial charge in [0.05, 0.1) is 6.04 Å². The summed E-state index contributed by atoms with van der Waals surface area (Å²) in [4.78, 5) is 50.4. The molecule has 2 aromatic carbocycles. The summed E-state index contributed by atoms with van der Waals surface area (Å²) in [6.45, 7) is 0.438. The maximum atomic E-state index is 12.9. The molecule has 1 saturated heterocycles. The first kappa shape index (κ1) is 23.0. The number of amides is 3. The number of carbonyl (C=O) groups is 4. The van der Waals surface area contributed by atoms with Gasteiger partial charge in [-0.2, -0.15) is 0 Å². The van der Waals surface area contributed by atoms with E-state index in [9.17, 15) is 24.3 Å². The normalized spacial score (nSPS) is 16.2. The molecule has 1 heterocycles. The Morgan fingerprint density at radius 1 is 1.00 bits per heavy atom. The molecule has 8 heteroatoms. The number of ketones is 1. The Labute approximate surface area is 186 Å². The van der Waals surface area contributed by atoms with E-state index in [-0.39, 0.29) is 24.7 Å². The van der Waals surface area contributed by atoms with E-state index in [1.54, 1.807) is 30.3 Å². The molecule has 3 rings (SSSR count). The van der Waals surface area contributed by atoms with Crippen molar-refractivity contribution in [3.63, 3.8) is 0 Å². The minimum atomic E-state index is -1.03. The van der Waals surface area contributed by atoms with Gasteiger partial charge in [0.2, 0.25) is 0 Å². The largest absolute Gasteiger partial charge is 0.480 e. The van der Waals surface area contributed by atoms with Crippen LogP contribution in [0.1, 0.15) is 35.2 Å². The van der Waals surface area contributed by atoms with Crippen molar-refractivity contribution in [1.82, 2.24) is 15.5 Å². The highest BCUT2D eigenvalue weighted by Gasteiger charge is 2.34. The first-order chi connectivity index (χ1) is 15.5. The molecule has 0 spiro atoms. The van der Waals surface area contributed by atoms with Crippen molar-refractivity contribution in [3.05, 3.63) is 71.8 Å². The number of carboxylic acids is 1. The molecule has 3 N–H and O–H groups in total. The Hall–Kier alpha value is -3.68. The van der Waals surface area contributed by atoms with Gasteiger partial charge in [0.1, 0.15) is 6.04 Å². The number of likely N-dealkylation sites (tertiary alicyclic amines) is 1. The Morgan fingerprint density at radius 3 is 2.31 bits per heavy atom. The van der Waals surface area contributed by atoms with Crippen LogP contribution in [0, 0.1) is 0 Å². The number of Topliss-reactive ketones (excluding diaryl/α,β-unsaturated/α-hetero) is 1. The molecule has 0 bridgehead atoms. The fraction of sp³-hybridized carbons (Fsp3) is 0.333. The van der Waals surface area contributed by atoms with Crippen molar-refractivity contribution in [3.8, 4) is 0 Å². The molecule has 2 aromatic rings. The topological polar surface area (TPSA) is 116 Å². The van der Waals surface area contributed by atoms with Gasteiger partial charge in [0.25, 0.3) is 5.91 Å². The lowest BCUT2D eigenvalue weighted by Crippen LogP contribution is -2.47. The van der Waals surface area contributed by atoms with Gasteiger partial charge in [-0.1, -0.05) is 48.5 Å². The van der Waals surface area contributed by atoms with Gasteiger partial charge >= 0.3 is 12.0 Å². The van der Waals surface area contributed by atoms with Crippen LogP contribution in [0.2, 0.25) is 0 Å². The molecule has 0 saturated carbocycles. The van der Waals surface area contributed by atoms with Crippen LogP contribution < -0.4 is 10.6 Å². The van der Waals surface area contributed by atoms with Gasteiger partial charge in [-0.15, -0.1) is 0 Å². The minimum absolute atomic E-state index is 0.0177. The van der Waals surface area contributed by atoms with E-state index < -0.39 is 24.1 Å². The van der Waals surface area contributed by atoms with E-state index in [2.05, 4.69) is 10.6 Å². The second-order valence-corrected chi connectivity index (χ2v) is 7.72. The predicted octanol–water partition coefficient (Wildman–Crippen LogP) is 2.25. The highest BCUT2D eigenvalue weighted by molar-refractivity contribution is 5.98. The second kappa shape index (κ2) is 11.1. The van der Waals surface area contributed by atoms with Gasteiger partial charge in [-0.25, -0.2) is 9.59 Å². The van der Waals surface area contributed by atoms with Crippen LogP contribution in [0.25, 0.3) is 0 Å². The molecule has 168 valence electrons. The minimum Gasteiger partial charge on any atom is -0.480 e. The van der Waals surface area contributed by atoms with E-state index in [1.807, 2.05) is 30.3 Å². The first-order valence-electron chi connectivity index (χ1n) is 10.7. The summed E-state index contributed by atoms with van der Waals surface area (Å²) in [5.74, 6) is -1.58. The van der Waals surface area contributed by atoms with Crippen LogP contribution in [-0.4, -0.2) is 58.9 Å². The zero-order valence-electron chi connectivity index (χ0n) is 17.7. The molecule has 0 radical (unpaired) electrons. The zero-order valence-corrected chi connectivity index (χ0v) is 17.7. The van der Waals surface area contributed by atoms with E-state index in [0.717, 1.165) is 5.56 Å². The van der Waals surface area contributed by atoms with Gasteiger partial charge in [0.15, 0.2) is 5.78 Å². The van der Waals surface area contributed by atoms with Gasteiger partial charge < -0.3 is 20.6 Å². The highest BCUT2D eigenvalue weighted by Crippen LogP contribution is 2.17. The summed E-state index contributed by atoms with van der Waals surface area (Å²) in [6, 6.07) is 16.0. The zero-order chi connectivity index (χ0) is 22.9. The van der Waals surface area contributed by atoms with Crippen molar-refractivity contribution in [1.29, 1.82) is 0 Å². The SMILES string of the molecule is O=C(N[C@@H](Cc1ccccc1)C(=O)CCNC(=O)N1CCCC1C(=O)O)c1ccccc1. The third kappa shape index (κ3) is 6.16. The molecular formula is C24H27N3O5. The molecule has 1 fully saturated rings. The van der Waals surface area contributed by atoms with Crippen molar-refractivity contribution < 1.29 is 24.3 Å². The van der Waals surface area contributed by atoms with E-state index >= 15 is 0 Å². The monoisotopic (exact) mass is 437 g/mol. The van der Waals surface area contributed by atoms with Crippen molar-refractivity contribution in [2.75, 3.05) is 13.1 Å². The van der Waals surface area contributed by atoms with Crippen LogP contribution in [0.4, 0.5) is 4.79 Å². The first-order valence-corrected chi connectivity index (χ1v) is 10.7. The fourth-order valence-electron chi connectivity index (χ4n) is 3.76. The summed E-state index contributed by atoms with van der Waals surface area (Å²) >= 11 is 0. The van der Waals surface area contributed by atoms with E-state index in [4.69, 9.17) is 0 Å². The molecule has 2 atom stereocenters. The third-order valence-corrected chi connectivity index (χ3v) is 5.46. The Balaban J connectivity index is 1.59. The maximum absolute atomic E-state index is 12.9. The van der Waals surface area contributed by atoms with Crippen LogP contribution in [0.3, 0.4) is 0 Å². The highest BCUT2D eigenvalue weighted by atomic mass is 16.4. The molecule has 32 heavy (non-hydrogen) atoms. The number of rotatable bonds is 9. The molecular weight excluding hydrogens is 410 g/mol. The Kier molecular flexibility index (Phi) is 7.96. The van der Waals surface area contributed by atoms with E-state index in [1.165, 1.54) is 4.90 Å². The number of aliphatic carboxylic acids is 1. The van der Waals surface area contributed by atoms with Crippen LogP contribution in [0.15, 0.2) is 60.7 Å². The quantitative estimate of drug-likeness (QED) is 0.556. The summed E-state index contributed by atoms with van der Waals surface area (Å²) in [6.07, 6.45) is 1.41. The Bertz CT molecular complexity index is 949. The van der Waals surface area contributed by atoms with Gasteiger partial charge in [0, 0.05) is 25.1 Å². The average molecular weight is 437 g/mol. The van der Waals surface area contributed by atoms with Crippen LogP contribution >= 0.6 is 0 Å². The molecule has 1 unspecified atom stereocenters. The smallest absolute Gasteiger partial charge is 0.326 e. The Morgan fingerprint density at radius 2 is 1.66 bits per heavy atom. The third-order valence-electron chi connectivity index (χ3n) is 5.46. The van der Waals surface area contributed by atoms with Crippen LogP contribution in [0.5, 0.6) is 0 Å². The number of hydrogen-bond donors (Lipinski definition) is 3. The van der Waals surface area contributed by atoms with Crippen molar-refractivity contribution in [2.24, 2.45) is 0 Å². The lowest BCUT2D eigenvalue weighted by atomic mass is 10.00. The van der Waals surface area contributed by atoms with Crippen molar-refractivity contribution >= 4 is 23.7 Å². The van der Waals surface area contributed by atoms with Gasteiger partial charge in [-0.05, 0) is 37.0 Å². The van der Waals surface area contributed by atoms with E-state index in [0.29, 0.717) is 31.4 Å². The molecule has 1 aliphatic rings. The maximum Gasteiger partial charge on any atom is 0.326 e. The number of nitrogens with zero attached hydrogens (tertiary/aromatic N) is 1. The van der Waals surface area contributed by atoms with Crippen molar-refractivity contribution in [2.45, 2.75) is 37.8 Å². The lowest BCUT2D eigenvalue weighted by molar-refractivity contribution is -0.141. The molecule has 0 aromatic heterocycles. The molecule has 1 aliphatic heterocycles. The van der Waals surface area contributed by atoms with Crippen LogP contribution in [-0.2, 0) is 16.0 Å². The summed E-state index contributed by atoms with van der Waals surface area (Å²) < 4.78 is 0. The number of hydrogen-bond acceptors (Lipinski definition) is 4. The average Bonchev–Trinajstić information content (AvgIpc) is 3.30. The molecule has 0 aliphatic carbocycles. The predicted molar refractivity (Wildman–Crippen MR) is 118 cm³/mol. The second-order valence-electron chi connectivity index (χ2n) is 7.72. The fourth-order valence-corrected chi connectivity index (χ4v) is 3.76. The summed E-state index contributed by atoms with van der Waals surface area (Å²) in [5, 5.41) is 14.7. The lowest BCUT2D eigenvalue weighted by Gasteiger charge is -2.22. The summed E-state index contributed by atoms with van der Waals surface area (Å²) in [7, 11) is 0.